The number of hydrogen-bond donors (Lipinski definition) is 2. The van der Waals surface area contributed by atoms with E-state index in [-0.39, 0.29) is 38.6 Å². The highest BCUT2D eigenvalue weighted by molar-refractivity contribution is 7.47. The van der Waals surface area contributed by atoms with Crippen molar-refractivity contribution >= 4 is 19.8 Å². The molecule has 0 aliphatic heterocycles. The Balaban J connectivity index is 4.03. The molecule has 0 aromatic rings. The number of esters is 2. The predicted molar refractivity (Wildman–Crippen MR) is 289 cm³/mol. The van der Waals surface area contributed by atoms with Gasteiger partial charge in [0.2, 0.25) is 0 Å². The summed E-state index contributed by atoms with van der Waals surface area (Å²) >= 11 is 0. The van der Waals surface area contributed by atoms with E-state index in [2.05, 4.69) is 98.9 Å². The van der Waals surface area contributed by atoms with Crippen LogP contribution in [-0.4, -0.2) is 49.3 Å². The highest BCUT2D eigenvalue weighted by atomic mass is 31.2. The summed E-state index contributed by atoms with van der Waals surface area (Å²) in [6.45, 7) is 3.62. The second-order valence-corrected chi connectivity index (χ2v) is 19.5. The number of ether oxygens (including phenoxy) is 2. The van der Waals surface area contributed by atoms with E-state index in [1.807, 2.05) is 0 Å². The number of phosphoric ester groups is 1. The lowest BCUT2D eigenvalue weighted by Gasteiger charge is -2.19. The number of carbonyl (C=O) groups is 2. The van der Waals surface area contributed by atoms with Gasteiger partial charge in [-0.3, -0.25) is 18.6 Å². The van der Waals surface area contributed by atoms with Crippen LogP contribution in [0, 0.1) is 0 Å². The van der Waals surface area contributed by atoms with Gasteiger partial charge < -0.3 is 20.1 Å². The molecule has 10 heteroatoms. The largest absolute Gasteiger partial charge is 0.472 e. The second-order valence-electron chi connectivity index (χ2n) is 18.1. The van der Waals surface area contributed by atoms with Gasteiger partial charge in [0, 0.05) is 19.4 Å². The monoisotopic (exact) mass is 972 g/mol. The Bertz CT molecular complexity index is 1390. The summed E-state index contributed by atoms with van der Waals surface area (Å²) < 4.78 is 33.0. The van der Waals surface area contributed by atoms with E-state index in [1.165, 1.54) is 109 Å². The van der Waals surface area contributed by atoms with Crippen LogP contribution < -0.4 is 5.73 Å². The van der Waals surface area contributed by atoms with Gasteiger partial charge >= 0.3 is 19.8 Å². The zero-order valence-electron chi connectivity index (χ0n) is 43.6. The van der Waals surface area contributed by atoms with Gasteiger partial charge in [0.15, 0.2) is 6.10 Å². The minimum absolute atomic E-state index is 0.0489. The van der Waals surface area contributed by atoms with E-state index in [0.29, 0.717) is 6.42 Å². The molecular weight excluding hydrogens is 870 g/mol. The molecule has 2 atom stereocenters. The molecule has 0 aliphatic carbocycles. The van der Waals surface area contributed by atoms with Gasteiger partial charge in [0.25, 0.3) is 0 Å². The smallest absolute Gasteiger partial charge is 0.462 e. The molecule has 392 valence electrons. The van der Waals surface area contributed by atoms with Gasteiger partial charge in [-0.25, -0.2) is 4.57 Å². The van der Waals surface area contributed by atoms with Crippen LogP contribution in [0.5, 0.6) is 0 Å². The third kappa shape index (κ3) is 52.6. The molecule has 0 bridgehead atoms. The van der Waals surface area contributed by atoms with Crippen LogP contribution in [0.25, 0.3) is 0 Å². The average Bonchev–Trinajstić information content (AvgIpc) is 3.33. The zero-order valence-corrected chi connectivity index (χ0v) is 44.5. The van der Waals surface area contributed by atoms with Gasteiger partial charge in [-0.15, -0.1) is 0 Å². The lowest BCUT2D eigenvalue weighted by atomic mass is 10.0. The molecule has 0 aromatic heterocycles. The van der Waals surface area contributed by atoms with Crippen LogP contribution in [0.4, 0.5) is 0 Å². The van der Waals surface area contributed by atoms with Crippen LogP contribution in [0.2, 0.25) is 0 Å². The van der Waals surface area contributed by atoms with E-state index in [1.54, 1.807) is 0 Å². The lowest BCUT2D eigenvalue weighted by Crippen LogP contribution is -2.29. The Morgan fingerprint density at radius 1 is 0.456 bits per heavy atom. The van der Waals surface area contributed by atoms with E-state index in [9.17, 15) is 19.0 Å². The number of nitrogens with two attached hydrogens (primary N) is 1. The fourth-order valence-corrected chi connectivity index (χ4v) is 8.22. The first kappa shape index (κ1) is 65.2. The molecule has 0 amide bonds. The SMILES string of the molecule is CC/C=C\C/C=C\C/C=C\C/C=C\C/C=C\C/C=C\CCCCCCCCCCCCC(=O)OC(COC(=O)CCCCCCCCC/C=C\CCCCCCCCC)COP(=O)(O)OCCN. The van der Waals surface area contributed by atoms with Crippen molar-refractivity contribution in [1.29, 1.82) is 0 Å². The number of carbonyl (C=O) groups excluding carboxylic acids is 2. The van der Waals surface area contributed by atoms with E-state index >= 15 is 0 Å². The third-order valence-electron chi connectivity index (χ3n) is 11.5. The molecule has 0 fully saturated rings. The predicted octanol–water partition coefficient (Wildman–Crippen LogP) is 17.1. The van der Waals surface area contributed by atoms with Gasteiger partial charge in [-0.05, 0) is 89.9 Å². The first-order valence-corrected chi connectivity index (χ1v) is 29.1. The van der Waals surface area contributed by atoms with E-state index in [4.69, 9.17) is 24.3 Å². The van der Waals surface area contributed by atoms with Crippen molar-refractivity contribution in [3.05, 3.63) is 85.1 Å². The van der Waals surface area contributed by atoms with Crippen LogP contribution >= 0.6 is 7.82 Å². The number of rotatable bonds is 51. The molecule has 0 aromatic carbocycles. The Kier molecular flexibility index (Phi) is 51.3. The van der Waals surface area contributed by atoms with Crippen molar-refractivity contribution in [2.75, 3.05) is 26.4 Å². The van der Waals surface area contributed by atoms with Crippen LogP contribution in [-0.2, 0) is 32.7 Å². The first-order valence-electron chi connectivity index (χ1n) is 27.6. The highest BCUT2D eigenvalue weighted by Gasteiger charge is 2.26. The summed E-state index contributed by atoms with van der Waals surface area (Å²) in [7, 11) is -4.39. The molecule has 0 aliphatic rings. The number of hydrogen-bond acceptors (Lipinski definition) is 8. The highest BCUT2D eigenvalue weighted by Crippen LogP contribution is 2.43. The number of unbranched alkanes of at least 4 members (excludes halogenated alkanes) is 24. The average molecular weight is 972 g/mol. The van der Waals surface area contributed by atoms with Gasteiger partial charge in [-0.1, -0.05) is 221 Å². The van der Waals surface area contributed by atoms with Crippen LogP contribution in [0.15, 0.2) is 85.1 Å². The maximum Gasteiger partial charge on any atom is 0.472 e. The van der Waals surface area contributed by atoms with Crippen molar-refractivity contribution in [3.8, 4) is 0 Å². The molecule has 0 saturated carbocycles. The van der Waals surface area contributed by atoms with Crippen molar-refractivity contribution in [1.82, 2.24) is 0 Å². The van der Waals surface area contributed by atoms with Crippen molar-refractivity contribution < 1.29 is 37.6 Å². The zero-order chi connectivity index (χ0) is 49.5. The minimum atomic E-state index is -4.39. The van der Waals surface area contributed by atoms with E-state index in [0.717, 1.165) is 96.3 Å². The van der Waals surface area contributed by atoms with Crippen molar-refractivity contribution in [3.63, 3.8) is 0 Å². The minimum Gasteiger partial charge on any atom is -0.462 e. The van der Waals surface area contributed by atoms with Crippen molar-refractivity contribution in [2.45, 2.75) is 245 Å². The standard InChI is InChI=1S/C58H102NO8P/c1-3-5-7-9-11-13-15-17-19-21-23-24-25-26-27-28-29-30-31-32-33-35-37-39-41-43-45-47-49-51-58(61)67-56(55-66-68(62,63)65-53-52-59)54-64-57(60)50-48-46-44-42-40-38-36-34-22-20-18-16-14-12-10-8-6-4-2/h5,7,11,13,17,19-20,22-24,26-27,29-30,56H,3-4,6,8-10,12,14-16,18,21,25,28,31-55,59H2,1-2H3,(H,62,63)/b7-5-,13-11-,19-17-,22-20-,24-23-,27-26-,30-29-. The summed E-state index contributed by atoms with van der Waals surface area (Å²) in [4.78, 5) is 35.1. The van der Waals surface area contributed by atoms with Gasteiger partial charge in [-0.2, -0.15) is 0 Å². The Labute approximate surface area is 417 Å². The Hall–Kier alpha value is -2.81. The lowest BCUT2D eigenvalue weighted by molar-refractivity contribution is -0.161. The summed E-state index contributed by atoms with van der Waals surface area (Å²) in [6.07, 6.45) is 69.1. The number of phosphoric acid groups is 1. The Morgan fingerprint density at radius 2 is 0.809 bits per heavy atom. The molecule has 0 saturated heterocycles. The normalized spacial score (nSPS) is 13.8. The molecule has 0 spiro atoms. The fraction of sp³-hybridized carbons (Fsp3) is 0.724. The number of allylic oxidation sites excluding steroid dienone is 14. The molecule has 2 unspecified atom stereocenters. The molecule has 9 nitrogen and oxygen atoms in total. The Morgan fingerprint density at radius 3 is 1.22 bits per heavy atom. The molecular formula is C58H102NO8P. The summed E-state index contributed by atoms with van der Waals surface area (Å²) in [6, 6.07) is 0. The molecule has 68 heavy (non-hydrogen) atoms. The van der Waals surface area contributed by atoms with Crippen LogP contribution in [0.3, 0.4) is 0 Å². The summed E-state index contributed by atoms with van der Waals surface area (Å²) in [5.74, 6) is -0.837. The van der Waals surface area contributed by atoms with Gasteiger partial charge in [0.05, 0.1) is 13.2 Å². The maximum atomic E-state index is 12.7. The molecule has 0 radical (unpaired) electrons. The second kappa shape index (κ2) is 53.5. The fourth-order valence-electron chi connectivity index (χ4n) is 7.46. The van der Waals surface area contributed by atoms with Gasteiger partial charge in [0.1, 0.15) is 6.61 Å². The van der Waals surface area contributed by atoms with Crippen molar-refractivity contribution in [2.24, 2.45) is 5.73 Å². The first-order chi connectivity index (χ1) is 33.3. The molecule has 3 N–H and O–H groups in total. The summed E-state index contributed by atoms with van der Waals surface area (Å²) in [5, 5.41) is 0. The summed E-state index contributed by atoms with van der Waals surface area (Å²) in [5.41, 5.74) is 5.37. The molecule has 0 rings (SSSR count). The van der Waals surface area contributed by atoms with E-state index < -0.39 is 26.5 Å². The topological polar surface area (TPSA) is 134 Å². The third-order valence-corrected chi connectivity index (χ3v) is 12.5. The molecule has 0 heterocycles. The maximum absolute atomic E-state index is 12.7. The van der Waals surface area contributed by atoms with Crippen LogP contribution in [0.1, 0.15) is 239 Å². The quantitative estimate of drug-likeness (QED) is 0.0264.